The first-order chi connectivity index (χ1) is 28.0. The van der Waals surface area contributed by atoms with Gasteiger partial charge in [-0.15, -0.1) is 0 Å². The zero-order chi connectivity index (χ0) is 40.8. The van der Waals surface area contributed by atoms with Crippen molar-refractivity contribution >= 4 is 57.0 Å². The number of phenols is 2. The average Bonchev–Trinajstić information content (AvgIpc) is 3.61. The number of carbonyl (C=O) groups excluding carboxylic acids is 4. The number of halogens is 1. The molecule has 4 atom stereocenters. The highest BCUT2D eigenvalue weighted by Crippen LogP contribution is 2.51. The molecule has 1 aliphatic rings. The second kappa shape index (κ2) is 17.4. The molecule has 15 heteroatoms. The van der Waals surface area contributed by atoms with Crippen molar-refractivity contribution in [2.24, 2.45) is 5.73 Å². The number of hydrogen-bond acceptors (Lipinski definition) is 8. The first kappa shape index (κ1) is 39.8. The van der Waals surface area contributed by atoms with Crippen LogP contribution in [0.25, 0.3) is 21.8 Å². The predicted molar refractivity (Wildman–Crippen MR) is 220 cm³/mol. The van der Waals surface area contributed by atoms with Gasteiger partial charge < -0.3 is 47.2 Å². The van der Waals surface area contributed by atoms with E-state index < -0.39 is 29.4 Å². The molecule has 58 heavy (non-hydrogen) atoms. The Balaban J connectivity index is 1.14. The maximum absolute atomic E-state index is 14.5. The van der Waals surface area contributed by atoms with Crippen LogP contribution in [0, 0.1) is 0 Å². The molecule has 14 nitrogen and oxygen atoms in total. The van der Waals surface area contributed by atoms with Gasteiger partial charge in [0.1, 0.15) is 29.1 Å². The highest BCUT2D eigenvalue weighted by molar-refractivity contribution is 6.30. The highest BCUT2D eigenvalue weighted by Gasteiger charge is 2.62. The second-order valence-electron chi connectivity index (χ2n) is 14.7. The van der Waals surface area contributed by atoms with Gasteiger partial charge in [0.25, 0.3) is 0 Å². The van der Waals surface area contributed by atoms with Gasteiger partial charge >= 0.3 is 0 Å². The molecular weight excluding hydrogens is 760 g/mol. The summed E-state index contributed by atoms with van der Waals surface area (Å²) >= 11 is 6.18. The fraction of sp³-hybridized carbons (Fsp3) is 0.279. The zero-order valence-corrected chi connectivity index (χ0v) is 32.3. The van der Waals surface area contributed by atoms with Crippen LogP contribution >= 0.6 is 11.6 Å². The minimum absolute atomic E-state index is 0.0439. The molecule has 3 heterocycles. The van der Waals surface area contributed by atoms with Gasteiger partial charge in [0.05, 0.1) is 0 Å². The summed E-state index contributed by atoms with van der Waals surface area (Å²) in [5.74, 6) is -2.16. The van der Waals surface area contributed by atoms with Crippen molar-refractivity contribution in [1.29, 1.82) is 0 Å². The fourth-order valence-corrected chi connectivity index (χ4v) is 7.61. The largest absolute Gasteiger partial charge is 0.508 e. The lowest BCUT2D eigenvalue weighted by Gasteiger charge is -2.26. The minimum atomic E-state index is -1.33. The Hall–Kier alpha value is -6.38. The Labute approximate surface area is 339 Å². The van der Waals surface area contributed by atoms with Gasteiger partial charge in [-0.05, 0) is 109 Å². The summed E-state index contributed by atoms with van der Waals surface area (Å²) in [6.07, 6.45) is 8.19. The summed E-state index contributed by atoms with van der Waals surface area (Å²) in [7, 11) is 0. The molecule has 0 spiro atoms. The van der Waals surface area contributed by atoms with E-state index in [0.29, 0.717) is 47.3 Å². The van der Waals surface area contributed by atoms with E-state index in [1.54, 1.807) is 91.4 Å². The minimum Gasteiger partial charge on any atom is -0.508 e. The summed E-state index contributed by atoms with van der Waals surface area (Å²) in [4.78, 5) is 66.5. The molecule has 1 aliphatic carbocycles. The molecule has 6 aromatic rings. The molecular formula is C43H45ClN8O6. The van der Waals surface area contributed by atoms with Crippen LogP contribution in [0.1, 0.15) is 47.4 Å². The van der Waals surface area contributed by atoms with Crippen molar-refractivity contribution in [2.75, 3.05) is 13.1 Å². The van der Waals surface area contributed by atoms with Crippen molar-refractivity contribution in [3.8, 4) is 11.5 Å². The number of aromatic hydroxyl groups is 2. The van der Waals surface area contributed by atoms with Crippen molar-refractivity contribution in [3.63, 3.8) is 0 Å². The highest BCUT2D eigenvalue weighted by atomic mass is 35.5. The van der Waals surface area contributed by atoms with E-state index in [0.717, 1.165) is 27.5 Å². The number of nitrogens with one attached hydrogen (secondary N) is 6. The Kier molecular flexibility index (Phi) is 12.0. The molecule has 3 aromatic heterocycles. The van der Waals surface area contributed by atoms with Crippen LogP contribution in [-0.2, 0) is 38.4 Å². The Morgan fingerprint density at radius 1 is 0.828 bits per heavy atom. The molecule has 7 rings (SSSR count). The maximum atomic E-state index is 14.5. The molecule has 300 valence electrons. The third kappa shape index (κ3) is 9.09. The van der Waals surface area contributed by atoms with Gasteiger partial charge in [-0.1, -0.05) is 23.7 Å². The number of aromatic nitrogens is 3. The summed E-state index contributed by atoms with van der Waals surface area (Å²) in [5.41, 5.74) is 9.01. The second-order valence-corrected chi connectivity index (χ2v) is 15.1. The standard InChI is InChI=1S/C43H45ClN8O6/c44-29-5-3-25(4-6-29)18-37(51-40(56)38(50-39(55)2-1-14-45)19-28-24-49-36-10-8-31(54)21-33(28)36)41(57)52-43(22-34(43)26-11-15-46-16-12-26)42(58)47-17-13-27-23-48-35-9-7-30(53)20-32(27)35/h3-12,15-16,20-21,23-24,34,37-38,48-49,53-54H,1-2,13-14,17-19,22,45H2,(H,47,58)(H,50,55)(H,51,56)(H,52,57)/t34-,37-,38-,43?/m0/s1. The van der Waals surface area contributed by atoms with E-state index in [1.165, 1.54) is 0 Å². The number of aromatic amines is 2. The molecule has 0 saturated heterocycles. The number of phenolic OH excluding ortho intramolecular Hbond substituents is 2. The number of H-pyrrole nitrogens is 2. The van der Waals surface area contributed by atoms with Gasteiger partial charge in [-0.3, -0.25) is 24.2 Å². The number of fused-ring (bicyclic) bond motifs is 2. The predicted octanol–water partition coefficient (Wildman–Crippen LogP) is 4.00. The summed E-state index contributed by atoms with van der Waals surface area (Å²) < 4.78 is 0. The molecule has 0 aliphatic heterocycles. The monoisotopic (exact) mass is 804 g/mol. The zero-order valence-electron chi connectivity index (χ0n) is 31.6. The third-order valence-electron chi connectivity index (χ3n) is 10.7. The topological polar surface area (TPSA) is 227 Å². The molecule has 1 unspecified atom stereocenters. The van der Waals surface area contributed by atoms with E-state index in [2.05, 4.69) is 36.2 Å². The first-order valence-corrected chi connectivity index (χ1v) is 19.5. The number of amides is 4. The van der Waals surface area contributed by atoms with Crippen LogP contribution in [0.2, 0.25) is 5.02 Å². The SMILES string of the molecule is NCCCC(=O)N[C@@H](Cc1c[nH]c2ccc(O)cc12)C(=O)N[C@@H](Cc1ccc(Cl)cc1)C(=O)NC1(C(=O)NCCc2c[nH]c3ccc(O)cc23)C[C@H]1c1ccncc1. The van der Waals surface area contributed by atoms with E-state index in [-0.39, 0.29) is 55.0 Å². The normalized spacial score (nSPS) is 17.0. The lowest BCUT2D eigenvalue weighted by molar-refractivity contribution is -0.134. The summed E-state index contributed by atoms with van der Waals surface area (Å²) in [6, 6.07) is 18.1. The maximum Gasteiger partial charge on any atom is 0.246 e. The molecule has 4 amide bonds. The number of nitrogens with two attached hydrogens (primary N) is 1. The van der Waals surface area contributed by atoms with Crippen LogP contribution in [0.4, 0.5) is 0 Å². The van der Waals surface area contributed by atoms with E-state index in [4.69, 9.17) is 17.3 Å². The van der Waals surface area contributed by atoms with E-state index >= 15 is 0 Å². The number of hydrogen-bond donors (Lipinski definition) is 9. The smallest absolute Gasteiger partial charge is 0.246 e. The van der Waals surface area contributed by atoms with Crippen molar-refractivity contribution < 1.29 is 29.4 Å². The number of carbonyl (C=O) groups is 4. The Morgan fingerprint density at radius 2 is 1.47 bits per heavy atom. The molecule has 3 aromatic carbocycles. The number of rotatable bonds is 17. The number of pyridine rings is 1. The van der Waals surface area contributed by atoms with Crippen LogP contribution in [-0.4, -0.2) is 79.5 Å². The number of nitrogens with zero attached hydrogens (tertiary/aromatic N) is 1. The molecule has 0 radical (unpaired) electrons. The summed E-state index contributed by atoms with van der Waals surface area (Å²) in [5, 5.41) is 34.0. The molecule has 1 fully saturated rings. The lowest BCUT2D eigenvalue weighted by Crippen LogP contribution is -2.59. The van der Waals surface area contributed by atoms with Gasteiger partial charge in [-0.2, -0.15) is 0 Å². The molecule has 1 saturated carbocycles. The van der Waals surface area contributed by atoms with Crippen molar-refractivity contribution in [2.45, 2.75) is 62.1 Å². The lowest BCUT2D eigenvalue weighted by atomic mass is 10.0. The van der Waals surface area contributed by atoms with E-state index in [1.807, 2.05) is 6.20 Å². The first-order valence-electron chi connectivity index (χ1n) is 19.2. The quantitative estimate of drug-likeness (QED) is 0.0653. The van der Waals surface area contributed by atoms with Crippen molar-refractivity contribution in [1.82, 2.24) is 36.2 Å². The molecule has 0 bridgehead atoms. The van der Waals surface area contributed by atoms with Gasteiger partial charge in [-0.25, -0.2) is 0 Å². The van der Waals surface area contributed by atoms with Crippen LogP contribution < -0.4 is 27.0 Å². The Morgan fingerprint density at radius 3 is 2.14 bits per heavy atom. The molecule has 10 N–H and O–H groups in total. The third-order valence-corrected chi connectivity index (χ3v) is 10.9. The van der Waals surface area contributed by atoms with Crippen LogP contribution in [0.15, 0.2) is 97.6 Å². The average molecular weight is 805 g/mol. The van der Waals surface area contributed by atoms with Crippen molar-refractivity contribution in [3.05, 3.63) is 125 Å². The van der Waals surface area contributed by atoms with E-state index in [9.17, 15) is 29.4 Å². The Bertz CT molecular complexity index is 2430. The van der Waals surface area contributed by atoms with Crippen LogP contribution in [0.3, 0.4) is 0 Å². The fourth-order valence-electron chi connectivity index (χ4n) is 7.49. The summed E-state index contributed by atoms with van der Waals surface area (Å²) in [6.45, 7) is 0.545. The number of benzene rings is 3. The van der Waals surface area contributed by atoms with Gasteiger partial charge in [0.2, 0.25) is 23.6 Å². The van der Waals surface area contributed by atoms with Gasteiger partial charge in [0.15, 0.2) is 0 Å². The van der Waals surface area contributed by atoms with Gasteiger partial charge in [0, 0.05) is 83.3 Å². The van der Waals surface area contributed by atoms with Crippen LogP contribution in [0.5, 0.6) is 11.5 Å².